The van der Waals surface area contributed by atoms with Crippen LogP contribution in [-0.4, -0.2) is 58.3 Å². The lowest BCUT2D eigenvalue weighted by atomic mass is 10.1. The van der Waals surface area contributed by atoms with E-state index < -0.39 is 0 Å². The molecule has 1 saturated heterocycles. The van der Waals surface area contributed by atoms with E-state index in [9.17, 15) is 9.59 Å². The molecular formula is C22H21N5O4. The number of rotatable bonds is 3. The molecule has 2 aromatic heterocycles. The van der Waals surface area contributed by atoms with Crippen LogP contribution in [-0.2, 0) is 0 Å². The van der Waals surface area contributed by atoms with Crippen molar-refractivity contribution >= 4 is 11.9 Å². The highest BCUT2D eigenvalue weighted by Gasteiger charge is 2.27. The first kappa shape index (κ1) is 19.1. The van der Waals surface area contributed by atoms with Gasteiger partial charge in [-0.3, -0.25) is 14.2 Å². The van der Waals surface area contributed by atoms with Crippen LogP contribution in [0.5, 0.6) is 11.5 Å². The molecule has 0 bridgehead atoms. The fraction of sp³-hybridized carbons (Fsp3) is 0.273. The van der Waals surface area contributed by atoms with Crippen LogP contribution < -0.4 is 19.9 Å². The van der Waals surface area contributed by atoms with Crippen LogP contribution in [0.3, 0.4) is 0 Å². The predicted octanol–water partition coefficient (Wildman–Crippen LogP) is 1.63. The highest BCUT2D eigenvalue weighted by Crippen LogP contribution is 2.33. The van der Waals surface area contributed by atoms with Gasteiger partial charge in [-0.05, 0) is 36.8 Å². The van der Waals surface area contributed by atoms with Crippen molar-refractivity contribution in [3.05, 3.63) is 70.4 Å². The molecule has 0 saturated carbocycles. The Kier molecular flexibility index (Phi) is 4.78. The maximum absolute atomic E-state index is 13.3. The molecule has 0 atom stereocenters. The van der Waals surface area contributed by atoms with Crippen molar-refractivity contribution < 1.29 is 14.3 Å². The summed E-state index contributed by atoms with van der Waals surface area (Å²) in [5.74, 6) is 1.61. The number of amides is 1. The molecule has 1 fully saturated rings. The number of hydrogen-bond donors (Lipinski definition) is 0. The number of aromatic nitrogens is 3. The zero-order valence-corrected chi connectivity index (χ0v) is 17.0. The Morgan fingerprint density at radius 1 is 1.00 bits per heavy atom. The van der Waals surface area contributed by atoms with Gasteiger partial charge in [0.05, 0.1) is 5.69 Å². The second kappa shape index (κ2) is 7.75. The molecule has 1 amide bonds. The minimum atomic E-state index is -0.349. The van der Waals surface area contributed by atoms with Gasteiger partial charge in [0, 0.05) is 50.8 Å². The zero-order valence-electron chi connectivity index (χ0n) is 17.0. The van der Waals surface area contributed by atoms with Crippen LogP contribution in [0.2, 0.25) is 0 Å². The number of hydrogen-bond acceptors (Lipinski definition) is 7. The molecule has 3 aromatic rings. The Bertz CT molecular complexity index is 1190. The van der Waals surface area contributed by atoms with Crippen molar-refractivity contribution in [1.82, 2.24) is 19.4 Å². The molecule has 4 heterocycles. The first-order valence-corrected chi connectivity index (χ1v) is 10.1. The van der Waals surface area contributed by atoms with Gasteiger partial charge in [0.2, 0.25) is 12.7 Å². The molecule has 0 N–H and O–H groups in total. The molecule has 31 heavy (non-hydrogen) atoms. The largest absolute Gasteiger partial charge is 0.454 e. The van der Waals surface area contributed by atoms with E-state index in [2.05, 4.69) is 9.97 Å². The summed E-state index contributed by atoms with van der Waals surface area (Å²) >= 11 is 0. The monoisotopic (exact) mass is 419 g/mol. The predicted molar refractivity (Wildman–Crippen MR) is 113 cm³/mol. The molecule has 9 nitrogen and oxygen atoms in total. The number of pyridine rings is 1. The number of carbonyl (C=O) groups excluding carboxylic acids is 1. The van der Waals surface area contributed by atoms with E-state index in [1.165, 1.54) is 4.57 Å². The molecule has 0 unspecified atom stereocenters. The lowest BCUT2D eigenvalue weighted by Gasteiger charge is -2.34. The summed E-state index contributed by atoms with van der Waals surface area (Å²) in [5.41, 5.74) is 1.11. The number of ether oxygens (including phenoxy) is 2. The second-order valence-corrected chi connectivity index (χ2v) is 7.41. The van der Waals surface area contributed by atoms with Crippen LogP contribution in [0.1, 0.15) is 15.9 Å². The molecule has 0 radical (unpaired) electrons. The van der Waals surface area contributed by atoms with Crippen LogP contribution in [0.25, 0.3) is 5.69 Å². The first-order valence-electron chi connectivity index (χ1n) is 10.1. The molecule has 9 heteroatoms. The molecule has 0 aliphatic carbocycles. The lowest BCUT2D eigenvalue weighted by Crippen LogP contribution is -2.50. The molecule has 0 spiro atoms. The standard InChI is InChI=1S/C22H21N5O4/c1-15-5-8-27(16-3-4-17-18(13-16)31-14-30-17)21(29)19(15)20(28)25-9-11-26(12-10-25)22-23-6-2-7-24-22/h2-8,13H,9-12,14H2,1H3. The minimum Gasteiger partial charge on any atom is -0.454 e. The van der Waals surface area contributed by atoms with Crippen molar-refractivity contribution in [2.75, 3.05) is 37.9 Å². The van der Waals surface area contributed by atoms with Crippen LogP contribution >= 0.6 is 0 Å². The van der Waals surface area contributed by atoms with E-state index in [0.717, 1.165) is 0 Å². The normalized spacial score (nSPS) is 15.3. The van der Waals surface area contributed by atoms with E-state index in [4.69, 9.17) is 9.47 Å². The zero-order chi connectivity index (χ0) is 21.4. The lowest BCUT2D eigenvalue weighted by molar-refractivity contribution is 0.0743. The summed E-state index contributed by atoms with van der Waals surface area (Å²) in [4.78, 5) is 38.8. The third-order valence-electron chi connectivity index (χ3n) is 5.55. The smallest absolute Gasteiger partial charge is 0.268 e. The van der Waals surface area contributed by atoms with E-state index in [1.807, 2.05) is 4.90 Å². The quantitative estimate of drug-likeness (QED) is 0.637. The molecule has 158 valence electrons. The summed E-state index contributed by atoms with van der Waals surface area (Å²) in [5, 5.41) is 0. The van der Waals surface area contributed by atoms with E-state index in [0.29, 0.717) is 54.9 Å². The highest BCUT2D eigenvalue weighted by molar-refractivity contribution is 5.95. The maximum atomic E-state index is 13.3. The van der Waals surface area contributed by atoms with Gasteiger partial charge in [0.25, 0.3) is 11.5 Å². The molecule has 1 aromatic carbocycles. The van der Waals surface area contributed by atoms with Crippen LogP contribution in [0.15, 0.2) is 53.7 Å². The number of carbonyl (C=O) groups is 1. The van der Waals surface area contributed by atoms with E-state index in [1.54, 1.807) is 60.7 Å². The third kappa shape index (κ3) is 3.48. The summed E-state index contributed by atoms with van der Waals surface area (Å²) in [6.45, 7) is 4.15. The number of fused-ring (bicyclic) bond motifs is 1. The maximum Gasteiger partial charge on any atom is 0.268 e. The van der Waals surface area contributed by atoms with Crippen LogP contribution in [0, 0.1) is 6.92 Å². The number of aryl methyl sites for hydroxylation is 1. The van der Waals surface area contributed by atoms with Crippen molar-refractivity contribution in [2.24, 2.45) is 0 Å². The topological polar surface area (TPSA) is 89.8 Å². The fourth-order valence-corrected chi connectivity index (χ4v) is 3.85. The number of piperazine rings is 1. The van der Waals surface area contributed by atoms with Crippen LogP contribution in [0.4, 0.5) is 5.95 Å². The summed E-state index contributed by atoms with van der Waals surface area (Å²) in [6, 6.07) is 8.83. The minimum absolute atomic E-state index is 0.158. The SMILES string of the molecule is Cc1ccn(-c2ccc3c(c2)OCO3)c(=O)c1C(=O)N1CCN(c2ncccn2)CC1. The average molecular weight is 419 g/mol. The molecule has 2 aliphatic rings. The Labute approximate surface area is 178 Å². The van der Waals surface area contributed by atoms with Crippen molar-refractivity contribution in [3.8, 4) is 17.2 Å². The van der Waals surface area contributed by atoms with E-state index >= 15 is 0 Å². The van der Waals surface area contributed by atoms with Gasteiger partial charge in [0.1, 0.15) is 5.56 Å². The third-order valence-corrected chi connectivity index (χ3v) is 5.55. The average Bonchev–Trinajstić information content (AvgIpc) is 3.28. The molecule has 5 rings (SSSR count). The van der Waals surface area contributed by atoms with Crippen molar-refractivity contribution in [1.29, 1.82) is 0 Å². The summed E-state index contributed by atoms with van der Waals surface area (Å²) < 4.78 is 12.2. The Hall–Kier alpha value is -3.88. The Morgan fingerprint density at radius 2 is 1.74 bits per heavy atom. The number of anilines is 1. The molecule has 2 aliphatic heterocycles. The highest BCUT2D eigenvalue weighted by atomic mass is 16.7. The van der Waals surface area contributed by atoms with Gasteiger partial charge in [-0.25, -0.2) is 9.97 Å². The Morgan fingerprint density at radius 3 is 2.52 bits per heavy atom. The Balaban J connectivity index is 1.40. The van der Waals surface area contributed by atoms with Gasteiger partial charge < -0.3 is 19.3 Å². The number of nitrogens with zero attached hydrogens (tertiary/aromatic N) is 5. The first-order chi connectivity index (χ1) is 15.1. The van der Waals surface area contributed by atoms with E-state index in [-0.39, 0.29) is 23.8 Å². The van der Waals surface area contributed by atoms with Crippen molar-refractivity contribution in [2.45, 2.75) is 6.92 Å². The number of benzene rings is 1. The van der Waals surface area contributed by atoms with Gasteiger partial charge >= 0.3 is 0 Å². The van der Waals surface area contributed by atoms with Crippen molar-refractivity contribution in [3.63, 3.8) is 0 Å². The summed E-state index contributed by atoms with van der Waals surface area (Å²) in [7, 11) is 0. The van der Waals surface area contributed by atoms with Gasteiger partial charge in [0.15, 0.2) is 11.5 Å². The summed E-state index contributed by atoms with van der Waals surface area (Å²) in [6.07, 6.45) is 5.08. The second-order valence-electron chi connectivity index (χ2n) is 7.41. The fourth-order valence-electron chi connectivity index (χ4n) is 3.85. The van der Waals surface area contributed by atoms with Gasteiger partial charge in [-0.15, -0.1) is 0 Å². The molecular weight excluding hydrogens is 398 g/mol. The van der Waals surface area contributed by atoms with Gasteiger partial charge in [-0.2, -0.15) is 0 Å². The van der Waals surface area contributed by atoms with Gasteiger partial charge in [-0.1, -0.05) is 0 Å².